The van der Waals surface area contributed by atoms with E-state index in [1.54, 1.807) is 13.8 Å². The second-order valence-electron chi connectivity index (χ2n) is 4.70. The van der Waals surface area contributed by atoms with Gasteiger partial charge < -0.3 is 10.2 Å². The molecule has 0 radical (unpaired) electrons. The molecule has 2 aromatic carbocycles. The van der Waals surface area contributed by atoms with E-state index in [2.05, 4.69) is 0 Å². The van der Waals surface area contributed by atoms with Crippen molar-refractivity contribution in [1.82, 2.24) is 0 Å². The van der Waals surface area contributed by atoms with Crippen LogP contribution in [0.2, 0.25) is 10.0 Å². The monoisotopic (exact) mass is 348 g/mol. The number of aliphatic hydroxyl groups excluding tert-OH is 2. The van der Waals surface area contributed by atoms with Gasteiger partial charge in [-0.15, -0.1) is 0 Å². The van der Waals surface area contributed by atoms with Crippen molar-refractivity contribution in [3.63, 3.8) is 0 Å². The summed E-state index contributed by atoms with van der Waals surface area (Å²) >= 11 is 11.4. The average molecular weight is 349 g/mol. The summed E-state index contributed by atoms with van der Waals surface area (Å²) < 4.78 is 25.6. The summed E-state index contributed by atoms with van der Waals surface area (Å²) in [6.07, 6.45) is 0. The Hall–Kier alpha value is -1.20. The molecule has 2 rings (SSSR count). The second-order valence-corrected chi connectivity index (χ2v) is 5.52. The van der Waals surface area contributed by atoms with E-state index in [0.717, 1.165) is 0 Å². The van der Waals surface area contributed by atoms with Crippen LogP contribution in [0.3, 0.4) is 0 Å². The Morgan fingerprint density at radius 3 is 1.36 bits per heavy atom. The first-order valence-electron chi connectivity index (χ1n) is 6.40. The largest absolute Gasteiger partial charge is 0.392 e. The first-order valence-corrected chi connectivity index (χ1v) is 7.16. The van der Waals surface area contributed by atoms with Gasteiger partial charge in [-0.2, -0.15) is 0 Å². The van der Waals surface area contributed by atoms with Crippen molar-refractivity contribution in [1.29, 1.82) is 0 Å². The molecule has 120 valence electrons. The number of hydrogen-bond acceptors (Lipinski definition) is 2. The molecule has 6 heteroatoms. The summed E-state index contributed by atoms with van der Waals surface area (Å²) in [5, 5.41) is 18.2. The van der Waals surface area contributed by atoms with Crippen LogP contribution in [-0.4, -0.2) is 10.2 Å². The minimum atomic E-state index is -0.408. The SMILES string of the molecule is Cc1cc(F)c(CO)cc1Cl.Cc1cc(F)c(CO)cc1Cl. The van der Waals surface area contributed by atoms with Crippen LogP contribution in [0.1, 0.15) is 22.3 Å². The lowest BCUT2D eigenvalue weighted by Crippen LogP contribution is -1.90. The topological polar surface area (TPSA) is 40.5 Å². The summed E-state index contributed by atoms with van der Waals surface area (Å²) in [6, 6.07) is 5.50. The van der Waals surface area contributed by atoms with E-state index in [1.165, 1.54) is 24.3 Å². The van der Waals surface area contributed by atoms with Crippen LogP contribution < -0.4 is 0 Å². The van der Waals surface area contributed by atoms with E-state index in [4.69, 9.17) is 33.4 Å². The molecule has 2 N–H and O–H groups in total. The lowest BCUT2D eigenvalue weighted by molar-refractivity contribution is 0.275. The van der Waals surface area contributed by atoms with Crippen LogP contribution in [0.5, 0.6) is 0 Å². The Balaban J connectivity index is 0.000000220. The molecule has 0 bridgehead atoms. The highest BCUT2D eigenvalue weighted by atomic mass is 35.5. The minimum Gasteiger partial charge on any atom is -0.392 e. The zero-order valence-corrected chi connectivity index (χ0v) is 13.6. The Bertz CT molecular complexity index is 604. The van der Waals surface area contributed by atoms with Crippen molar-refractivity contribution in [2.45, 2.75) is 27.1 Å². The molecule has 2 nitrogen and oxygen atoms in total. The Kier molecular flexibility index (Phi) is 7.23. The molecule has 0 amide bonds. The van der Waals surface area contributed by atoms with Crippen molar-refractivity contribution in [2.24, 2.45) is 0 Å². The summed E-state index contributed by atoms with van der Waals surface area (Å²) in [6.45, 7) is 2.80. The molecule has 0 unspecified atom stereocenters. The molecule has 0 aliphatic heterocycles. The highest BCUT2D eigenvalue weighted by Gasteiger charge is 2.04. The first-order chi connectivity index (χ1) is 10.3. The maximum atomic E-state index is 12.8. The van der Waals surface area contributed by atoms with Crippen molar-refractivity contribution in [3.8, 4) is 0 Å². The number of halogens is 4. The third-order valence-electron chi connectivity index (χ3n) is 3.00. The second kappa shape index (κ2) is 8.44. The van der Waals surface area contributed by atoms with Crippen molar-refractivity contribution >= 4 is 23.2 Å². The standard InChI is InChI=1S/2C8H8ClFO/c2*1-5-2-8(10)6(4-11)3-7(5)9/h2*2-3,11H,4H2,1H3. The summed E-state index contributed by atoms with van der Waals surface area (Å²) in [4.78, 5) is 0. The van der Waals surface area contributed by atoms with Gasteiger partial charge in [0.25, 0.3) is 0 Å². The molecule has 0 heterocycles. The Labute approximate surface area is 137 Å². The molecule has 0 saturated carbocycles. The van der Waals surface area contributed by atoms with Gasteiger partial charge in [-0.25, -0.2) is 8.78 Å². The van der Waals surface area contributed by atoms with Crippen molar-refractivity contribution in [2.75, 3.05) is 0 Å². The summed E-state index contributed by atoms with van der Waals surface area (Å²) in [5.74, 6) is -0.816. The van der Waals surface area contributed by atoms with Gasteiger partial charge in [0.05, 0.1) is 13.2 Å². The van der Waals surface area contributed by atoms with E-state index < -0.39 is 11.6 Å². The van der Waals surface area contributed by atoms with Gasteiger partial charge in [-0.05, 0) is 49.2 Å². The highest BCUT2D eigenvalue weighted by Crippen LogP contribution is 2.20. The maximum absolute atomic E-state index is 12.8. The molecule has 2 aromatic rings. The van der Waals surface area contributed by atoms with Crippen LogP contribution >= 0.6 is 23.2 Å². The Morgan fingerprint density at radius 2 is 1.09 bits per heavy atom. The molecule has 0 spiro atoms. The number of aliphatic hydroxyl groups is 2. The van der Waals surface area contributed by atoms with E-state index in [1.807, 2.05) is 0 Å². The first kappa shape index (κ1) is 18.8. The number of aryl methyl sites for hydroxylation is 2. The zero-order chi connectivity index (χ0) is 16.9. The summed E-state index contributed by atoms with van der Waals surface area (Å²) in [7, 11) is 0. The zero-order valence-electron chi connectivity index (χ0n) is 12.1. The van der Waals surface area contributed by atoms with E-state index >= 15 is 0 Å². The fourth-order valence-corrected chi connectivity index (χ4v) is 1.99. The van der Waals surface area contributed by atoms with Gasteiger partial charge >= 0.3 is 0 Å². The smallest absolute Gasteiger partial charge is 0.129 e. The number of benzene rings is 2. The van der Waals surface area contributed by atoms with Crippen LogP contribution in [0.4, 0.5) is 8.78 Å². The summed E-state index contributed by atoms with van der Waals surface area (Å²) in [5.41, 5.74) is 1.84. The number of hydrogen-bond donors (Lipinski definition) is 2. The van der Waals surface area contributed by atoms with Gasteiger partial charge in [-0.3, -0.25) is 0 Å². The van der Waals surface area contributed by atoms with Crippen LogP contribution in [-0.2, 0) is 13.2 Å². The van der Waals surface area contributed by atoms with Crippen molar-refractivity contribution in [3.05, 3.63) is 68.2 Å². The lowest BCUT2D eigenvalue weighted by atomic mass is 10.1. The molecule has 22 heavy (non-hydrogen) atoms. The lowest BCUT2D eigenvalue weighted by Gasteiger charge is -2.01. The van der Waals surface area contributed by atoms with E-state index in [-0.39, 0.29) is 24.3 Å². The van der Waals surface area contributed by atoms with E-state index in [9.17, 15) is 8.78 Å². The normalized spacial score (nSPS) is 10.2. The number of rotatable bonds is 2. The average Bonchev–Trinajstić information content (AvgIpc) is 2.47. The predicted octanol–water partition coefficient (Wildman–Crippen LogP) is 4.56. The molecule has 0 atom stereocenters. The maximum Gasteiger partial charge on any atom is 0.129 e. The molecule has 0 aliphatic carbocycles. The van der Waals surface area contributed by atoms with Gasteiger partial charge in [0.2, 0.25) is 0 Å². The fraction of sp³-hybridized carbons (Fsp3) is 0.250. The van der Waals surface area contributed by atoms with Crippen molar-refractivity contribution < 1.29 is 19.0 Å². The Morgan fingerprint density at radius 1 is 0.773 bits per heavy atom. The molecule has 0 aliphatic rings. The van der Waals surface area contributed by atoms with Crippen LogP contribution in [0.15, 0.2) is 24.3 Å². The van der Waals surface area contributed by atoms with Gasteiger partial charge in [0, 0.05) is 21.2 Å². The third kappa shape index (κ3) is 4.92. The molecular weight excluding hydrogens is 333 g/mol. The van der Waals surface area contributed by atoms with E-state index in [0.29, 0.717) is 21.2 Å². The molecule has 0 saturated heterocycles. The predicted molar refractivity (Wildman–Crippen MR) is 84.1 cm³/mol. The highest BCUT2D eigenvalue weighted by molar-refractivity contribution is 6.31. The third-order valence-corrected chi connectivity index (χ3v) is 3.81. The quantitative estimate of drug-likeness (QED) is 0.835. The molecule has 0 fully saturated rings. The molecule has 0 aromatic heterocycles. The minimum absolute atomic E-state index is 0.237. The fourth-order valence-electron chi connectivity index (χ4n) is 1.62. The van der Waals surface area contributed by atoms with Gasteiger partial charge in [0.1, 0.15) is 11.6 Å². The molecular formula is C16H16Cl2F2O2. The van der Waals surface area contributed by atoms with Gasteiger partial charge in [-0.1, -0.05) is 23.2 Å². The van der Waals surface area contributed by atoms with Crippen LogP contribution in [0, 0.1) is 25.5 Å². The van der Waals surface area contributed by atoms with Crippen LogP contribution in [0.25, 0.3) is 0 Å². The van der Waals surface area contributed by atoms with Gasteiger partial charge in [0.15, 0.2) is 0 Å².